The quantitative estimate of drug-likeness (QED) is 0.253. The zero-order chi connectivity index (χ0) is 16.6. The molecule has 1 fully saturated rings. The van der Waals surface area contributed by atoms with E-state index in [1.807, 2.05) is 0 Å². The monoisotopic (exact) mass is 318 g/mol. The zero-order valence-electron chi connectivity index (χ0n) is 12.4. The van der Waals surface area contributed by atoms with Crippen molar-refractivity contribution in [3.63, 3.8) is 0 Å². The van der Waals surface area contributed by atoms with Crippen molar-refractivity contribution in [1.29, 1.82) is 5.41 Å². The number of carboxylic acids is 1. The van der Waals surface area contributed by atoms with Crippen molar-refractivity contribution in [1.82, 2.24) is 0 Å². The van der Waals surface area contributed by atoms with Gasteiger partial charge in [-0.2, -0.15) is 9.98 Å². The molecule has 1 amide bonds. The fourth-order valence-electron chi connectivity index (χ4n) is 2.88. The highest BCUT2D eigenvalue weighted by Gasteiger charge is 2.37. The Hall–Kier alpha value is -2.58. The first-order valence-corrected chi connectivity index (χ1v) is 7.34. The number of aromatic carboxylic acids is 1. The van der Waals surface area contributed by atoms with Crippen molar-refractivity contribution in [2.24, 2.45) is 11.7 Å². The van der Waals surface area contributed by atoms with E-state index in [2.05, 4.69) is 0 Å². The van der Waals surface area contributed by atoms with E-state index in [1.165, 1.54) is 22.0 Å². The smallest absolute Gasteiger partial charge is 0.413 e. The van der Waals surface area contributed by atoms with Crippen LogP contribution in [0.2, 0.25) is 0 Å². The van der Waals surface area contributed by atoms with Crippen molar-refractivity contribution in [3.8, 4) is 0 Å². The fourth-order valence-corrected chi connectivity index (χ4v) is 2.88. The highest BCUT2D eigenvalue weighted by Crippen LogP contribution is 2.27. The van der Waals surface area contributed by atoms with Gasteiger partial charge < -0.3 is 15.6 Å². The number of carboxylic acid groups (broad SMARTS) is 1. The van der Waals surface area contributed by atoms with Crippen LogP contribution >= 0.6 is 0 Å². The average molecular weight is 318 g/mol. The summed E-state index contributed by atoms with van der Waals surface area (Å²) in [5.74, 6) is -1.31. The molecule has 2 aliphatic rings. The van der Waals surface area contributed by atoms with Crippen LogP contribution in [0.4, 0.5) is 11.4 Å². The minimum absolute atomic E-state index is 0.0305. The summed E-state index contributed by atoms with van der Waals surface area (Å²) in [6.07, 6.45) is 1.39. The first-order chi connectivity index (χ1) is 11.0. The Morgan fingerprint density at radius 1 is 1.39 bits per heavy atom. The third kappa shape index (κ3) is 2.73. The van der Waals surface area contributed by atoms with Crippen LogP contribution < -0.4 is 11.1 Å². The van der Waals surface area contributed by atoms with Crippen molar-refractivity contribution in [3.05, 3.63) is 23.8 Å². The van der Waals surface area contributed by atoms with Crippen LogP contribution in [0.5, 0.6) is 0 Å². The number of quaternary nitrogens is 1. The van der Waals surface area contributed by atoms with Gasteiger partial charge in [-0.05, 0) is 25.0 Å². The van der Waals surface area contributed by atoms with Crippen LogP contribution in [-0.4, -0.2) is 46.4 Å². The van der Waals surface area contributed by atoms with E-state index in [-0.39, 0.29) is 23.2 Å². The summed E-state index contributed by atoms with van der Waals surface area (Å²) < 4.78 is 6.73. The molecule has 120 valence electrons. The molecule has 0 aliphatic carbocycles. The maximum atomic E-state index is 12.1. The zero-order valence-corrected chi connectivity index (χ0v) is 12.4. The van der Waals surface area contributed by atoms with Gasteiger partial charge in [0, 0.05) is 19.3 Å². The number of amides is 1. The summed E-state index contributed by atoms with van der Waals surface area (Å²) in [6.45, 7) is 1.15. The highest BCUT2D eigenvalue weighted by molar-refractivity contribution is 6.33. The van der Waals surface area contributed by atoms with E-state index < -0.39 is 11.9 Å². The minimum atomic E-state index is -1.07. The Morgan fingerprint density at radius 3 is 2.74 bits per heavy atom. The Kier molecular flexibility index (Phi) is 3.93. The minimum Gasteiger partial charge on any atom is -0.478 e. The lowest BCUT2D eigenvalue weighted by Crippen LogP contribution is -2.87. The van der Waals surface area contributed by atoms with Gasteiger partial charge in [0.25, 0.3) is 0 Å². The lowest BCUT2D eigenvalue weighted by atomic mass is 9.97. The molecule has 0 aromatic heterocycles. The first-order valence-electron chi connectivity index (χ1n) is 7.34. The number of nitrogens with two attached hydrogens (primary N) is 2. The number of rotatable bonds is 2. The van der Waals surface area contributed by atoms with Gasteiger partial charge in [-0.15, -0.1) is 0 Å². The summed E-state index contributed by atoms with van der Waals surface area (Å²) >= 11 is 0. The van der Waals surface area contributed by atoms with Gasteiger partial charge in [0.15, 0.2) is 11.4 Å². The lowest BCUT2D eigenvalue weighted by molar-refractivity contribution is -0.496. The van der Waals surface area contributed by atoms with Gasteiger partial charge in [0.05, 0.1) is 11.5 Å². The van der Waals surface area contributed by atoms with Crippen LogP contribution in [0, 0.1) is 11.3 Å². The second-order valence-electron chi connectivity index (χ2n) is 5.58. The third-order valence-electron chi connectivity index (χ3n) is 4.14. The molecule has 1 aromatic rings. The number of hydrogen-bond acceptors (Lipinski definition) is 5. The molecule has 1 aromatic carbocycles. The number of carbonyl (C=O) groups excluding carboxylic acids is 1. The third-order valence-corrected chi connectivity index (χ3v) is 4.14. The molecular formula is C15H18N4O4+2. The molecule has 6 N–H and O–H groups in total. The molecule has 0 radical (unpaired) electrons. The molecular weight excluding hydrogens is 300 g/mol. The predicted molar refractivity (Wildman–Crippen MR) is 80.4 cm³/mol. The van der Waals surface area contributed by atoms with Gasteiger partial charge in [-0.25, -0.2) is 14.9 Å². The van der Waals surface area contributed by atoms with Crippen LogP contribution in [-0.2, 0) is 9.53 Å². The molecule has 2 aliphatic heterocycles. The second kappa shape index (κ2) is 5.90. The number of nitrogens with zero attached hydrogens (tertiary/aromatic N) is 1. The molecule has 8 nitrogen and oxygen atoms in total. The normalized spacial score (nSPS) is 18.7. The van der Waals surface area contributed by atoms with E-state index >= 15 is 0 Å². The van der Waals surface area contributed by atoms with Crippen LogP contribution in [0.25, 0.3) is 0 Å². The topological polar surface area (TPSA) is 133 Å². The van der Waals surface area contributed by atoms with Crippen LogP contribution in [0.1, 0.15) is 23.2 Å². The van der Waals surface area contributed by atoms with E-state index in [0.29, 0.717) is 37.4 Å². The average Bonchev–Trinajstić information content (AvgIpc) is 2.56. The molecule has 1 saturated heterocycles. The van der Waals surface area contributed by atoms with Gasteiger partial charge in [0.2, 0.25) is 5.84 Å². The summed E-state index contributed by atoms with van der Waals surface area (Å²) in [4.78, 5) is 23.2. The van der Waals surface area contributed by atoms with Gasteiger partial charge in [-0.3, -0.25) is 0 Å². The summed E-state index contributed by atoms with van der Waals surface area (Å²) in [5.41, 5.74) is 7.02. The molecule has 3 rings (SSSR count). The SMILES string of the molecule is N=C(C1CCOCC1)[N+]1=C(N)C(=O)[NH2+]c2cc(C(=O)O)ccc21. The number of carbonyl (C=O) groups is 2. The summed E-state index contributed by atoms with van der Waals surface area (Å²) in [6, 6.07) is 4.46. The molecule has 8 heteroatoms. The Balaban J connectivity index is 2.04. The number of nitrogens with one attached hydrogen (secondary N) is 1. The van der Waals surface area contributed by atoms with Crippen molar-refractivity contribution >= 4 is 34.9 Å². The molecule has 0 saturated carbocycles. The Labute approximate surface area is 132 Å². The molecule has 0 unspecified atom stereocenters. The van der Waals surface area contributed by atoms with E-state index in [9.17, 15) is 9.59 Å². The maximum absolute atomic E-state index is 12.1. The number of primary amides is 1. The summed E-state index contributed by atoms with van der Waals surface area (Å²) in [7, 11) is 0. The van der Waals surface area contributed by atoms with Crippen LogP contribution in [0.3, 0.4) is 0 Å². The molecule has 23 heavy (non-hydrogen) atoms. The van der Waals surface area contributed by atoms with Crippen molar-refractivity contribution in [2.45, 2.75) is 12.8 Å². The predicted octanol–water partition coefficient (Wildman–Crippen LogP) is -0.475. The second-order valence-corrected chi connectivity index (χ2v) is 5.58. The van der Waals surface area contributed by atoms with Crippen LogP contribution in [0.15, 0.2) is 18.2 Å². The van der Waals surface area contributed by atoms with E-state index in [0.717, 1.165) is 0 Å². The highest BCUT2D eigenvalue weighted by atomic mass is 16.5. The number of fused-ring (bicyclic) bond motifs is 1. The maximum Gasteiger partial charge on any atom is 0.413 e. The fraction of sp³-hybridized carbons (Fsp3) is 0.333. The Morgan fingerprint density at radius 2 is 2.09 bits per heavy atom. The van der Waals surface area contributed by atoms with Gasteiger partial charge in [0.1, 0.15) is 0 Å². The number of benzene rings is 1. The largest absolute Gasteiger partial charge is 0.478 e. The lowest BCUT2D eigenvalue weighted by Gasteiger charge is -2.24. The van der Waals surface area contributed by atoms with Crippen molar-refractivity contribution in [2.75, 3.05) is 13.2 Å². The number of hydrogen-bond donors (Lipinski definition) is 4. The molecule has 0 atom stereocenters. The van der Waals surface area contributed by atoms with Gasteiger partial charge >= 0.3 is 17.7 Å². The summed E-state index contributed by atoms with van der Waals surface area (Å²) in [5, 5.41) is 18.8. The standard InChI is InChI=1S/C15H16N4O4/c16-12(8-3-5-23-6-4-8)19-11-2-1-9(15(21)22)7-10(11)18-14(20)13(19)17/h1-2,7-8,16-17H,3-6H2,(H2,18,20,21,22)/p+2. The molecule has 0 spiro atoms. The van der Waals surface area contributed by atoms with Crippen molar-refractivity contribution < 1.29 is 29.3 Å². The Bertz CT molecular complexity index is 735. The number of amidine groups is 2. The number of ether oxygens (including phenoxy) is 1. The van der Waals surface area contributed by atoms with Gasteiger partial charge in [-0.1, -0.05) is 0 Å². The molecule has 0 bridgehead atoms. The molecule has 2 heterocycles. The first kappa shape index (κ1) is 15.3. The van der Waals surface area contributed by atoms with E-state index in [1.54, 1.807) is 6.07 Å². The van der Waals surface area contributed by atoms with E-state index in [4.69, 9.17) is 21.0 Å².